The molecular formula is C14H16Cl2N2O2. The monoisotopic (exact) mass is 314 g/mol. The first-order chi connectivity index (χ1) is 9.56. The highest BCUT2D eigenvalue weighted by Crippen LogP contribution is 2.45. The lowest BCUT2D eigenvalue weighted by atomic mass is 10.1. The van der Waals surface area contributed by atoms with Gasteiger partial charge in [0.05, 0.1) is 22.3 Å². The summed E-state index contributed by atoms with van der Waals surface area (Å²) in [6.07, 6.45) is 1.75. The van der Waals surface area contributed by atoms with Gasteiger partial charge >= 0.3 is 0 Å². The lowest BCUT2D eigenvalue weighted by molar-refractivity contribution is -0.119. The van der Waals surface area contributed by atoms with Crippen LogP contribution in [0, 0.1) is 0 Å². The largest absolute Gasteiger partial charge is 0.491 e. The summed E-state index contributed by atoms with van der Waals surface area (Å²) >= 11 is 12.5. The molecule has 1 aromatic rings. The summed E-state index contributed by atoms with van der Waals surface area (Å²) in [5.41, 5.74) is 2.10. The van der Waals surface area contributed by atoms with Crippen molar-refractivity contribution in [1.29, 1.82) is 0 Å². The second kappa shape index (κ2) is 5.34. The van der Waals surface area contributed by atoms with Crippen molar-refractivity contribution >= 4 is 34.8 Å². The van der Waals surface area contributed by atoms with E-state index in [0.29, 0.717) is 16.7 Å². The predicted octanol–water partition coefficient (Wildman–Crippen LogP) is 2.64. The third kappa shape index (κ3) is 2.42. The van der Waals surface area contributed by atoms with E-state index >= 15 is 0 Å². The van der Waals surface area contributed by atoms with Gasteiger partial charge in [-0.25, -0.2) is 0 Å². The number of nitrogens with one attached hydrogen (secondary N) is 1. The van der Waals surface area contributed by atoms with E-state index in [9.17, 15) is 4.79 Å². The van der Waals surface area contributed by atoms with Crippen molar-refractivity contribution in [3.05, 3.63) is 21.7 Å². The Kier molecular flexibility index (Phi) is 3.69. The Balaban J connectivity index is 1.89. The van der Waals surface area contributed by atoms with Crippen molar-refractivity contribution in [2.45, 2.75) is 25.8 Å². The predicted molar refractivity (Wildman–Crippen MR) is 80.1 cm³/mol. The van der Waals surface area contributed by atoms with Gasteiger partial charge in [0.1, 0.15) is 5.75 Å². The number of hydrogen-bond donors (Lipinski definition) is 1. The van der Waals surface area contributed by atoms with E-state index in [-0.39, 0.29) is 11.9 Å². The number of rotatable bonds is 2. The number of anilines is 1. The standard InChI is InChI=1S/C14H16Cl2N2O2/c1-8(19)17-9-2-4-18(7-9)13-10-3-5-20-14(10)12(16)6-11(13)15/h6,9H,2-5,7H2,1H3,(H,17,19). The smallest absolute Gasteiger partial charge is 0.217 e. The summed E-state index contributed by atoms with van der Waals surface area (Å²) in [7, 11) is 0. The Bertz CT molecular complexity index is 563. The molecule has 1 aromatic carbocycles. The summed E-state index contributed by atoms with van der Waals surface area (Å²) in [6, 6.07) is 1.92. The van der Waals surface area contributed by atoms with E-state index < -0.39 is 0 Å². The second-order valence-electron chi connectivity index (χ2n) is 5.23. The zero-order chi connectivity index (χ0) is 14.3. The minimum Gasteiger partial charge on any atom is -0.491 e. The zero-order valence-corrected chi connectivity index (χ0v) is 12.7. The Labute approximate surface area is 128 Å². The highest BCUT2D eigenvalue weighted by molar-refractivity contribution is 6.37. The maximum atomic E-state index is 11.1. The average molecular weight is 315 g/mol. The van der Waals surface area contributed by atoms with Crippen molar-refractivity contribution in [3.63, 3.8) is 0 Å². The van der Waals surface area contributed by atoms with E-state index in [1.54, 1.807) is 13.0 Å². The number of carbonyl (C=O) groups excluding carboxylic acids is 1. The molecule has 0 spiro atoms. The molecule has 1 N–H and O–H groups in total. The Morgan fingerprint density at radius 2 is 2.25 bits per heavy atom. The van der Waals surface area contributed by atoms with Crippen LogP contribution in [-0.2, 0) is 11.2 Å². The van der Waals surface area contributed by atoms with Crippen LogP contribution in [0.1, 0.15) is 18.9 Å². The van der Waals surface area contributed by atoms with Crippen molar-refractivity contribution in [1.82, 2.24) is 5.32 Å². The number of carbonyl (C=O) groups is 1. The highest BCUT2D eigenvalue weighted by atomic mass is 35.5. The quantitative estimate of drug-likeness (QED) is 0.912. The van der Waals surface area contributed by atoms with Crippen molar-refractivity contribution in [3.8, 4) is 5.75 Å². The van der Waals surface area contributed by atoms with Gasteiger partial charge in [0, 0.05) is 38.0 Å². The van der Waals surface area contributed by atoms with E-state index in [2.05, 4.69) is 10.2 Å². The van der Waals surface area contributed by atoms with E-state index in [4.69, 9.17) is 27.9 Å². The van der Waals surface area contributed by atoms with Crippen LogP contribution in [0.5, 0.6) is 5.75 Å². The third-order valence-corrected chi connectivity index (χ3v) is 4.34. The molecule has 0 radical (unpaired) electrons. The number of fused-ring (bicyclic) bond motifs is 1. The molecule has 1 atom stereocenters. The first-order valence-electron chi connectivity index (χ1n) is 6.72. The maximum absolute atomic E-state index is 11.1. The van der Waals surface area contributed by atoms with E-state index in [0.717, 1.165) is 42.9 Å². The van der Waals surface area contributed by atoms with E-state index in [1.807, 2.05) is 0 Å². The fraction of sp³-hybridized carbons (Fsp3) is 0.500. The molecule has 1 amide bonds. The number of halogens is 2. The van der Waals surface area contributed by atoms with Crippen molar-refractivity contribution < 1.29 is 9.53 Å². The summed E-state index contributed by atoms with van der Waals surface area (Å²) in [5.74, 6) is 0.765. The molecule has 0 aromatic heterocycles. The highest BCUT2D eigenvalue weighted by Gasteiger charge is 2.30. The Morgan fingerprint density at radius 3 is 3.00 bits per heavy atom. The molecule has 4 nitrogen and oxygen atoms in total. The SMILES string of the molecule is CC(=O)NC1CCN(c2c(Cl)cc(Cl)c3c2CCO3)C1. The van der Waals surface area contributed by atoms with Gasteiger partial charge in [-0.05, 0) is 12.5 Å². The Morgan fingerprint density at radius 1 is 1.45 bits per heavy atom. The first kappa shape index (κ1) is 13.8. The third-order valence-electron chi connectivity index (χ3n) is 3.77. The normalized spacial score (nSPS) is 20.8. The number of ether oxygens (including phenoxy) is 1. The fourth-order valence-electron chi connectivity index (χ4n) is 2.99. The van der Waals surface area contributed by atoms with Gasteiger partial charge in [-0.1, -0.05) is 23.2 Å². The van der Waals surface area contributed by atoms with Crippen molar-refractivity contribution in [2.24, 2.45) is 0 Å². The number of amides is 1. The van der Waals surface area contributed by atoms with Crippen LogP contribution in [0.3, 0.4) is 0 Å². The number of benzene rings is 1. The van der Waals surface area contributed by atoms with Gasteiger partial charge in [-0.3, -0.25) is 4.79 Å². The summed E-state index contributed by atoms with van der Waals surface area (Å²) in [6.45, 7) is 3.83. The van der Waals surface area contributed by atoms with Gasteiger partial charge in [0.15, 0.2) is 0 Å². The zero-order valence-electron chi connectivity index (χ0n) is 11.2. The molecule has 1 fully saturated rings. The lowest BCUT2D eigenvalue weighted by Gasteiger charge is -2.23. The number of hydrogen-bond acceptors (Lipinski definition) is 3. The molecule has 0 saturated carbocycles. The van der Waals surface area contributed by atoms with Crippen LogP contribution in [-0.4, -0.2) is 31.6 Å². The van der Waals surface area contributed by atoms with Crippen molar-refractivity contribution in [2.75, 3.05) is 24.6 Å². The van der Waals surface area contributed by atoms with Gasteiger partial charge in [-0.15, -0.1) is 0 Å². The first-order valence-corrected chi connectivity index (χ1v) is 7.47. The van der Waals surface area contributed by atoms with Gasteiger partial charge in [0.2, 0.25) is 5.91 Å². The minimum atomic E-state index is 0.00705. The van der Waals surface area contributed by atoms with Crippen LogP contribution in [0.4, 0.5) is 5.69 Å². The molecule has 108 valence electrons. The molecule has 0 bridgehead atoms. The van der Waals surface area contributed by atoms with Crippen LogP contribution < -0.4 is 15.0 Å². The van der Waals surface area contributed by atoms with Crippen LogP contribution in [0.2, 0.25) is 10.0 Å². The van der Waals surface area contributed by atoms with Gasteiger partial charge < -0.3 is 15.0 Å². The minimum absolute atomic E-state index is 0.00705. The molecule has 1 unspecified atom stereocenters. The molecule has 2 heterocycles. The molecule has 2 aliphatic heterocycles. The topological polar surface area (TPSA) is 41.6 Å². The fourth-order valence-corrected chi connectivity index (χ4v) is 3.67. The summed E-state index contributed by atoms with van der Waals surface area (Å²) < 4.78 is 5.59. The lowest BCUT2D eigenvalue weighted by Crippen LogP contribution is -2.35. The van der Waals surface area contributed by atoms with Crippen LogP contribution >= 0.6 is 23.2 Å². The van der Waals surface area contributed by atoms with Crippen LogP contribution in [0.15, 0.2) is 6.07 Å². The number of nitrogens with zero attached hydrogens (tertiary/aromatic N) is 1. The Hall–Kier alpha value is -1.13. The molecule has 2 aliphatic rings. The van der Waals surface area contributed by atoms with Gasteiger partial charge in [0.25, 0.3) is 0 Å². The van der Waals surface area contributed by atoms with E-state index in [1.165, 1.54) is 0 Å². The molecule has 0 aliphatic carbocycles. The summed E-state index contributed by atoms with van der Waals surface area (Å²) in [5, 5.41) is 4.19. The molecule has 6 heteroatoms. The van der Waals surface area contributed by atoms with Crippen LogP contribution in [0.25, 0.3) is 0 Å². The molecule has 1 saturated heterocycles. The molecular weight excluding hydrogens is 299 g/mol. The van der Waals surface area contributed by atoms with Gasteiger partial charge in [-0.2, -0.15) is 0 Å². The molecule has 3 rings (SSSR count). The summed E-state index contributed by atoms with van der Waals surface area (Å²) in [4.78, 5) is 13.4. The molecule has 20 heavy (non-hydrogen) atoms. The maximum Gasteiger partial charge on any atom is 0.217 e. The average Bonchev–Trinajstić information content (AvgIpc) is 2.98. The second-order valence-corrected chi connectivity index (χ2v) is 6.04.